The number of aromatic nitrogens is 2. The fourth-order valence-electron chi connectivity index (χ4n) is 2.40. The van der Waals surface area contributed by atoms with Crippen LogP contribution in [0.25, 0.3) is 0 Å². The van der Waals surface area contributed by atoms with E-state index in [9.17, 15) is 10.1 Å². The lowest BCUT2D eigenvalue weighted by Crippen LogP contribution is -2.07. The molecule has 0 saturated carbocycles. The van der Waals surface area contributed by atoms with Gasteiger partial charge in [-0.1, -0.05) is 13.0 Å². The van der Waals surface area contributed by atoms with Gasteiger partial charge in [-0.05, 0) is 31.0 Å². The molecule has 0 radical (unpaired) electrons. The van der Waals surface area contributed by atoms with Crippen LogP contribution >= 0.6 is 0 Å². The van der Waals surface area contributed by atoms with Gasteiger partial charge in [0.15, 0.2) is 11.5 Å². The zero-order chi connectivity index (χ0) is 17.7. The van der Waals surface area contributed by atoms with Gasteiger partial charge in [0.1, 0.15) is 5.69 Å². The number of rotatable bonds is 8. The zero-order valence-corrected chi connectivity index (χ0v) is 14.3. The molecule has 1 heterocycles. The van der Waals surface area contributed by atoms with E-state index < -0.39 is 4.92 Å². The van der Waals surface area contributed by atoms with Crippen molar-refractivity contribution in [2.75, 3.05) is 19.0 Å². The molecule has 1 aromatic heterocycles. The average molecular weight is 334 g/mol. The minimum absolute atomic E-state index is 0.00707. The van der Waals surface area contributed by atoms with Gasteiger partial charge < -0.3 is 14.8 Å². The summed E-state index contributed by atoms with van der Waals surface area (Å²) in [6, 6.07) is 5.59. The largest absolute Gasteiger partial charge is 0.493 e. The standard InChI is InChI=1S/C16H22N4O4/c1-5-8-24-13-7-6-12(9-14(13)23-4)10-17-16-15(20(21)22)11(2)18-19(16)3/h6-7,9,17H,5,8,10H2,1-4H3. The van der Waals surface area contributed by atoms with E-state index in [0.29, 0.717) is 36.2 Å². The normalized spacial score (nSPS) is 10.5. The van der Waals surface area contributed by atoms with Gasteiger partial charge in [-0.25, -0.2) is 4.68 Å². The van der Waals surface area contributed by atoms with Crippen molar-refractivity contribution < 1.29 is 14.4 Å². The van der Waals surface area contributed by atoms with Gasteiger partial charge in [-0.2, -0.15) is 5.10 Å². The van der Waals surface area contributed by atoms with E-state index in [-0.39, 0.29) is 5.69 Å². The molecule has 0 amide bonds. The lowest BCUT2D eigenvalue weighted by molar-refractivity contribution is -0.384. The van der Waals surface area contributed by atoms with E-state index in [4.69, 9.17) is 9.47 Å². The maximum atomic E-state index is 11.2. The summed E-state index contributed by atoms with van der Waals surface area (Å²) in [5, 5.41) is 18.4. The number of nitrogens with zero attached hydrogens (tertiary/aromatic N) is 3. The van der Waals surface area contributed by atoms with E-state index >= 15 is 0 Å². The molecule has 0 aliphatic heterocycles. The number of anilines is 1. The van der Waals surface area contributed by atoms with Crippen molar-refractivity contribution >= 4 is 11.5 Å². The summed E-state index contributed by atoms with van der Waals surface area (Å²) in [6.07, 6.45) is 0.913. The van der Waals surface area contributed by atoms with Gasteiger partial charge in [-0.15, -0.1) is 0 Å². The predicted molar refractivity (Wildman–Crippen MR) is 90.7 cm³/mol. The monoisotopic (exact) mass is 334 g/mol. The van der Waals surface area contributed by atoms with Crippen LogP contribution in [0.15, 0.2) is 18.2 Å². The number of nitro groups is 1. The molecule has 1 N–H and O–H groups in total. The number of benzene rings is 1. The summed E-state index contributed by atoms with van der Waals surface area (Å²) in [7, 11) is 3.26. The Bertz CT molecular complexity index is 727. The Balaban J connectivity index is 2.17. The zero-order valence-electron chi connectivity index (χ0n) is 14.3. The van der Waals surface area contributed by atoms with E-state index in [1.54, 1.807) is 21.1 Å². The van der Waals surface area contributed by atoms with Crippen molar-refractivity contribution in [3.63, 3.8) is 0 Å². The molecule has 8 heteroatoms. The highest BCUT2D eigenvalue weighted by Gasteiger charge is 2.23. The highest BCUT2D eigenvalue weighted by Crippen LogP contribution is 2.30. The molecular formula is C16H22N4O4. The second kappa shape index (κ2) is 7.67. The van der Waals surface area contributed by atoms with Crippen molar-refractivity contribution in [2.24, 2.45) is 7.05 Å². The fraction of sp³-hybridized carbons (Fsp3) is 0.438. The van der Waals surface area contributed by atoms with Gasteiger partial charge in [-0.3, -0.25) is 10.1 Å². The third-order valence-electron chi connectivity index (χ3n) is 3.52. The van der Waals surface area contributed by atoms with Crippen LogP contribution in [0.1, 0.15) is 24.6 Å². The second-order valence-corrected chi connectivity index (χ2v) is 5.35. The number of methoxy groups -OCH3 is 1. The molecule has 0 aliphatic rings. The first-order valence-corrected chi connectivity index (χ1v) is 7.69. The van der Waals surface area contributed by atoms with E-state index in [0.717, 1.165) is 12.0 Å². The van der Waals surface area contributed by atoms with Crippen LogP contribution in [0.2, 0.25) is 0 Å². The predicted octanol–water partition coefficient (Wildman–Crippen LogP) is 3.05. The molecule has 1 aromatic carbocycles. The third-order valence-corrected chi connectivity index (χ3v) is 3.52. The quantitative estimate of drug-likeness (QED) is 0.589. The Morgan fingerprint density at radius 1 is 1.38 bits per heavy atom. The van der Waals surface area contributed by atoms with Gasteiger partial charge in [0.25, 0.3) is 0 Å². The molecular weight excluding hydrogens is 312 g/mol. The Morgan fingerprint density at radius 3 is 2.75 bits per heavy atom. The van der Waals surface area contributed by atoms with Gasteiger partial charge in [0.2, 0.25) is 5.82 Å². The summed E-state index contributed by atoms with van der Waals surface area (Å²) < 4.78 is 12.4. The minimum Gasteiger partial charge on any atom is -0.493 e. The summed E-state index contributed by atoms with van der Waals surface area (Å²) in [5.74, 6) is 1.70. The number of hydrogen-bond acceptors (Lipinski definition) is 6. The first-order chi connectivity index (χ1) is 11.5. The SMILES string of the molecule is CCCOc1ccc(CNc2c([N+](=O)[O-])c(C)nn2C)cc1OC. The van der Waals surface area contributed by atoms with Crippen molar-refractivity contribution in [3.8, 4) is 11.5 Å². The van der Waals surface area contributed by atoms with Crippen molar-refractivity contribution in [3.05, 3.63) is 39.6 Å². The van der Waals surface area contributed by atoms with Crippen LogP contribution < -0.4 is 14.8 Å². The van der Waals surface area contributed by atoms with E-state index in [1.807, 2.05) is 25.1 Å². The molecule has 2 aromatic rings. The molecule has 0 fully saturated rings. The summed E-state index contributed by atoms with van der Waals surface area (Å²) in [5.41, 5.74) is 1.29. The smallest absolute Gasteiger partial charge is 0.333 e. The van der Waals surface area contributed by atoms with Crippen LogP contribution in [0.3, 0.4) is 0 Å². The van der Waals surface area contributed by atoms with Crippen LogP contribution in [0, 0.1) is 17.0 Å². The van der Waals surface area contributed by atoms with Crippen molar-refractivity contribution in [1.29, 1.82) is 0 Å². The summed E-state index contributed by atoms with van der Waals surface area (Å²) in [6.45, 7) is 4.68. The van der Waals surface area contributed by atoms with Gasteiger partial charge in [0.05, 0.1) is 18.6 Å². The molecule has 24 heavy (non-hydrogen) atoms. The topological polar surface area (TPSA) is 91.5 Å². The van der Waals surface area contributed by atoms with E-state index in [1.165, 1.54) is 4.68 Å². The van der Waals surface area contributed by atoms with Crippen LogP contribution in [0.5, 0.6) is 11.5 Å². The van der Waals surface area contributed by atoms with Crippen molar-refractivity contribution in [1.82, 2.24) is 9.78 Å². The van der Waals surface area contributed by atoms with Crippen LogP contribution in [0.4, 0.5) is 11.5 Å². The number of nitrogens with one attached hydrogen (secondary N) is 1. The molecule has 0 aliphatic carbocycles. The minimum atomic E-state index is -0.424. The molecule has 8 nitrogen and oxygen atoms in total. The summed E-state index contributed by atoms with van der Waals surface area (Å²) >= 11 is 0. The Kier molecular flexibility index (Phi) is 5.62. The Labute approximate surface area is 140 Å². The molecule has 0 atom stereocenters. The van der Waals surface area contributed by atoms with Crippen LogP contribution in [-0.4, -0.2) is 28.4 Å². The summed E-state index contributed by atoms with van der Waals surface area (Å²) in [4.78, 5) is 10.8. The molecule has 0 unspecified atom stereocenters. The molecule has 2 rings (SSSR count). The highest BCUT2D eigenvalue weighted by atomic mass is 16.6. The second-order valence-electron chi connectivity index (χ2n) is 5.35. The first-order valence-electron chi connectivity index (χ1n) is 7.69. The maximum absolute atomic E-state index is 11.2. The van der Waals surface area contributed by atoms with Crippen molar-refractivity contribution in [2.45, 2.75) is 26.8 Å². The first kappa shape index (κ1) is 17.6. The lowest BCUT2D eigenvalue weighted by Gasteiger charge is -2.12. The van der Waals surface area contributed by atoms with Gasteiger partial charge in [0, 0.05) is 13.6 Å². The van der Waals surface area contributed by atoms with Gasteiger partial charge >= 0.3 is 5.69 Å². The number of aryl methyl sites for hydroxylation is 2. The highest BCUT2D eigenvalue weighted by molar-refractivity contribution is 5.59. The molecule has 130 valence electrons. The number of hydrogen-bond donors (Lipinski definition) is 1. The van der Waals surface area contributed by atoms with Crippen LogP contribution in [-0.2, 0) is 13.6 Å². The lowest BCUT2D eigenvalue weighted by atomic mass is 10.2. The Hall–Kier alpha value is -2.77. The third kappa shape index (κ3) is 3.76. The average Bonchev–Trinajstić information content (AvgIpc) is 2.84. The Morgan fingerprint density at radius 2 is 2.12 bits per heavy atom. The molecule has 0 spiro atoms. The molecule has 0 bridgehead atoms. The fourth-order valence-corrected chi connectivity index (χ4v) is 2.40. The van der Waals surface area contributed by atoms with E-state index in [2.05, 4.69) is 10.4 Å². The molecule has 0 saturated heterocycles. The maximum Gasteiger partial charge on any atom is 0.333 e. The number of ether oxygens (including phenoxy) is 2.